The van der Waals surface area contributed by atoms with E-state index in [4.69, 9.17) is 5.11 Å². The number of carbonyl (C=O) groups is 2. The zero-order chi connectivity index (χ0) is 14.5. The molecule has 19 heavy (non-hydrogen) atoms. The van der Waals surface area contributed by atoms with Gasteiger partial charge in [-0.25, -0.2) is 9.48 Å². The Balaban J connectivity index is 2.29. The molecule has 0 bridgehead atoms. The minimum absolute atomic E-state index is 0.0273. The molecular formula is C11H18N4O3S. The first-order valence-corrected chi connectivity index (χ1v) is 6.80. The number of carboxylic acids is 1. The van der Waals surface area contributed by atoms with E-state index < -0.39 is 5.97 Å². The lowest BCUT2D eigenvalue weighted by Gasteiger charge is -2.17. The van der Waals surface area contributed by atoms with E-state index in [0.717, 1.165) is 5.75 Å². The Morgan fingerprint density at radius 3 is 2.68 bits per heavy atom. The van der Waals surface area contributed by atoms with Crippen molar-refractivity contribution in [2.24, 2.45) is 0 Å². The molecule has 0 aromatic carbocycles. The van der Waals surface area contributed by atoms with Gasteiger partial charge in [-0.15, -0.1) is 5.10 Å². The Labute approximate surface area is 115 Å². The molecule has 0 radical (unpaired) electrons. The summed E-state index contributed by atoms with van der Waals surface area (Å²) in [7, 11) is 0. The number of hydrogen-bond acceptors (Lipinski definition) is 5. The number of amides is 1. The normalized spacial score (nSPS) is 11.3. The van der Waals surface area contributed by atoms with Crippen molar-refractivity contribution < 1.29 is 14.7 Å². The van der Waals surface area contributed by atoms with Crippen LogP contribution in [0.1, 0.15) is 31.3 Å². The highest BCUT2D eigenvalue weighted by Gasteiger charge is 2.12. The number of carboxylic acid groups (broad SMARTS) is 1. The number of carbonyl (C=O) groups excluding carboxylic acids is 1. The van der Waals surface area contributed by atoms with Gasteiger partial charge in [0.2, 0.25) is 5.91 Å². The average Bonchev–Trinajstić information content (AvgIpc) is 2.71. The Hall–Kier alpha value is -1.57. The molecule has 0 fully saturated rings. The third kappa shape index (κ3) is 6.23. The summed E-state index contributed by atoms with van der Waals surface area (Å²) in [6.45, 7) is 6.88. The first-order valence-electron chi connectivity index (χ1n) is 5.82. The topological polar surface area (TPSA) is 97.1 Å². The van der Waals surface area contributed by atoms with Crippen LogP contribution in [0.25, 0.3) is 0 Å². The molecule has 0 saturated carbocycles. The van der Waals surface area contributed by atoms with Crippen LogP contribution in [0.3, 0.4) is 0 Å². The highest BCUT2D eigenvalue weighted by Crippen LogP contribution is 2.21. The van der Waals surface area contributed by atoms with Crippen LogP contribution < -0.4 is 5.32 Å². The van der Waals surface area contributed by atoms with Crippen molar-refractivity contribution in [3.8, 4) is 0 Å². The number of rotatable bonds is 6. The van der Waals surface area contributed by atoms with Crippen molar-refractivity contribution in [1.29, 1.82) is 0 Å². The van der Waals surface area contributed by atoms with Crippen LogP contribution in [0.5, 0.6) is 0 Å². The maximum absolute atomic E-state index is 11.6. The van der Waals surface area contributed by atoms with Gasteiger partial charge in [0, 0.05) is 17.0 Å². The van der Waals surface area contributed by atoms with Gasteiger partial charge in [-0.2, -0.15) is 11.8 Å². The molecule has 0 aliphatic rings. The molecule has 0 atom stereocenters. The van der Waals surface area contributed by atoms with E-state index in [0.29, 0.717) is 6.54 Å². The zero-order valence-electron chi connectivity index (χ0n) is 11.2. The van der Waals surface area contributed by atoms with Crippen molar-refractivity contribution in [3.63, 3.8) is 0 Å². The average molecular weight is 286 g/mol. The fourth-order valence-electron chi connectivity index (χ4n) is 1.22. The van der Waals surface area contributed by atoms with E-state index in [-0.39, 0.29) is 22.9 Å². The fourth-order valence-corrected chi connectivity index (χ4v) is 2.04. The first-order chi connectivity index (χ1) is 8.78. The minimum atomic E-state index is -1.16. The van der Waals surface area contributed by atoms with Crippen LogP contribution in [0.4, 0.5) is 0 Å². The number of thioether (sulfide) groups is 1. The van der Waals surface area contributed by atoms with Crippen LogP contribution in [0.2, 0.25) is 0 Å². The molecule has 1 heterocycles. The van der Waals surface area contributed by atoms with E-state index in [1.807, 2.05) is 0 Å². The standard InChI is InChI=1S/C11H18N4O3S/c1-11(2,3)19-5-4-12-9(16)7-15-6-8(10(17)18)13-14-15/h6H,4-5,7H2,1-3H3,(H,12,16)(H,17,18). The van der Waals surface area contributed by atoms with Gasteiger partial charge in [-0.05, 0) is 0 Å². The van der Waals surface area contributed by atoms with Crippen molar-refractivity contribution in [2.75, 3.05) is 12.3 Å². The van der Waals surface area contributed by atoms with E-state index in [1.54, 1.807) is 11.8 Å². The summed E-state index contributed by atoms with van der Waals surface area (Å²) in [5.74, 6) is -0.544. The SMILES string of the molecule is CC(C)(C)SCCNC(=O)Cn1cc(C(=O)O)nn1. The van der Waals surface area contributed by atoms with E-state index in [9.17, 15) is 9.59 Å². The predicted octanol–water partition coefficient (Wildman–Crippen LogP) is 0.624. The molecule has 106 valence electrons. The van der Waals surface area contributed by atoms with Gasteiger partial charge in [-0.3, -0.25) is 4.79 Å². The molecule has 1 aromatic heterocycles. The molecule has 1 amide bonds. The number of aromatic nitrogens is 3. The Morgan fingerprint density at radius 2 is 2.16 bits per heavy atom. The molecule has 7 nitrogen and oxygen atoms in total. The lowest BCUT2D eigenvalue weighted by atomic mass is 10.3. The fraction of sp³-hybridized carbons (Fsp3) is 0.636. The smallest absolute Gasteiger partial charge is 0.358 e. The van der Waals surface area contributed by atoms with Gasteiger partial charge in [0.1, 0.15) is 6.54 Å². The summed E-state index contributed by atoms with van der Waals surface area (Å²) in [6.07, 6.45) is 1.23. The summed E-state index contributed by atoms with van der Waals surface area (Å²) in [5.41, 5.74) is -0.170. The van der Waals surface area contributed by atoms with Crippen LogP contribution in [-0.2, 0) is 11.3 Å². The monoisotopic (exact) mass is 286 g/mol. The largest absolute Gasteiger partial charge is 0.476 e. The molecule has 0 saturated heterocycles. The molecule has 0 spiro atoms. The lowest BCUT2D eigenvalue weighted by Crippen LogP contribution is -2.30. The summed E-state index contributed by atoms with van der Waals surface area (Å²) in [5, 5.41) is 18.4. The van der Waals surface area contributed by atoms with Gasteiger partial charge in [0.25, 0.3) is 0 Å². The van der Waals surface area contributed by atoms with E-state index >= 15 is 0 Å². The summed E-state index contributed by atoms with van der Waals surface area (Å²) >= 11 is 1.76. The Morgan fingerprint density at radius 1 is 1.47 bits per heavy atom. The van der Waals surface area contributed by atoms with Gasteiger partial charge < -0.3 is 10.4 Å². The van der Waals surface area contributed by atoms with Crippen molar-refractivity contribution >= 4 is 23.6 Å². The van der Waals surface area contributed by atoms with E-state index in [2.05, 4.69) is 36.4 Å². The zero-order valence-corrected chi connectivity index (χ0v) is 12.0. The molecule has 2 N–H and O–H groups in total. The van der Waals surface area contributed by atoms with Crippen molar-refractivity contribution in [3.05, 3.63) is 11.9 Å². The van der Waals surface area contributed by atoms with Gasteiger partial charge in [0.05, 0.1) is 6.20 Å². The quantitative estimate of drug-likeness (QED) is 0.744. The molecule has 0 aliphatic heterocycles. The third-order valence-electron chi connectivity index (χ3n) is 2.02. The Bertz CT molecular complexity index is 453. The van der Waals surface area contributed by atoms with Crippen molar-refractivity contribution in [1.82, 2.24) is 20.3 Å². The summed E-state index contributed by atoms with van der Waals surface area (Å²) in [6, 6.07) is 0. The van der Waals surface area contributed by atoms with Gasteiger partial charge in [0.15, 0.2) is 5.69 Å². The second-order valence-corrected chi connectivity index (χ2v) is 6.84. The molecule has 1 rings (SSSR count). The number of nitrogens with zero attached hydrogens (tertiary/aromatic N) is 3. The van der Waals surface area contributed by atoms with Gasteiger partial charge >= 0.3 is 5.97 Å². The molecule has 0 aliphatic carbocycles. The lowest BCUT2D eigenvalue weighted by molar-refractivity contribution is -0.121. The maximum atomic E-state index is 11.6. The van der Waals surface area contributed by atoms with Crippen LogP contribution >= 0.6 is 11.8 Å². The van der Waals surface area contributed by atoms with Gasteiger partial charge in [-0.1, -0.05) is 26.0 Å². The predicted molar refractivity (Wildman–Crippen MR) is 72.2 cm³/mol. The van der Waals surface area contributed by atoms with Crippen LogP contribution in [0.15, 0.2) is 6.20 Å². The minimum Gasteiger partial charge on any atom is -0.476 e. The highest BCUT2D eigenvalue weighted by atomic mass is 32.2. The molecule has 8 heteroatoms. The van der Waals surface area contributed by atoms with Crippen LogP contribution in [-0.4, -0.2) is 49.0 Å². The highest BCUT2D eigenvalue weighted by molar-refractivity contribution is 8.00. The van der Waals surface area contributed by atoms with Crippen LogP contribution in [0, 0.1) is 0 Å². The second kappa shape index (κ2) is 6.55. The maximum Gasteiger partial charge on any atom is 0.358 e. The molecule has 1 aromatic rings. The number of aromatic carboxylic acids is 1. The summed E-state index contributed by atoms with van der Waals surface area (Å²) < 4.78 is 1.38. The summed E-state index contributed by atoms with van der Waals surface area (Å²) in [4.78, 5) is 22.1. The Kier molecular flexibility index (Phi) is 5.34. The van der Waals surface area contributed by atoms with E-state index in [1.165, 1.54) is 10.9 Å². The number of hydrogen-bond donors (Lipinski definition) is 2. The second-order valence-electron chi connectivity index (χ2n) is 4.92. The first kappa shape index (κ1) is 15.5. The molecule has 0 unspecified atom stereocenters. The third-order valence-corrected chi connectivity index (χ3v) is 3.30. The molecular weight excluding hydrogens is 268 g/mol. The van der Waals surface area contributed by atoms with Crippen molar-refractivity contribution in [2.45, 2.75) is 32.1 Å². The number of nitrogens with one attached hydrogen (secondary N) is 1.